The summed E-state index contributed by atoms with van der Waals surface area (Å²) in [4.78, 5) is 0. The molecule has 25 heavy (non-hydrogen) atoms. The van der Waals surface area contributed by atoms with Gasteiger partial charge in [0, 0.05) is 6.04 Å². The second-order valence-corrected chi connectivity index (χ2v) is 8.87. The van der Waals surface area contributed by atoms with E-state index in [4.69, 9.17) is 5.73 Å². The van der Waals surface area contributed by atoms with Crippen molar-refractivity contribution in [3.05, 3.63) is 0 Å². The average Bonchev–Trinajstić information content (AvgIpc) is 2.63. The summed E-state index contributed by atoms with van der Waals surface area (Å²) in [6.45, 7) is 2.30. The number of nitrogens with two attached hydrogens (primary N) is 1. The lowest BCUT2D eigenvalue weighted by Crippen LogP contribution is -2.26. The van der Waals surface area contributed by atoms with Crippen LogP contribution in [-0.2, 0) is 0 Å². The van der Waals surface area contributed by atoms with Gasteiger partial charge in [-0.1, -0.05) is 116 Å². The molecule has 1 fully saturated rings. The molecule has 1 aliphatic rings. The van der Waals surface area contributed by atoms with E-state index in [0.29, 0.717) is 6.04 Å². The monoisotopic (exact) mass is 351 g/mol. The third kappa shape index (κ3) is 14.8. The lowest BCUT2D eigenvalue weighted by molar-refractivity contribution is 0.302. The molecule has 0 amide bonds. The van der Waals surface area contributed by atoms with E-state index >= 15 is 0 Å². The summed E-state index contributed by atoms with van der Waals surface area (Å²) in [7, 11) is 0. The standard InChI is InChI=1S/C24H49N/c1-2-3-4-5-6-7-8-9-10-11-12-13-14-15-16-17-18-23-19-21-24(25)22-20-23/h23-24H,2-22,25H2,1H3. The van der Waals surface area contributed by atoms with Gasteiger partial charge in [-0.3, -0.25) is 0 Å². The molecule has 0 atom stereocenters. The molecule has 0 aromatic rings. The van der Waals surface area contributed by atoms with Crippen molar-refractivity contribution >= 4 is 0 Å². The Bertz CT molecular complexity index is 255. The SMILES string of the molecule is CCCCCCCCCCCCCCCCCCC1CCC(N)CC1. The maximum atomic E-state index is 5.99. The molecule has 150 valence electrons. The van der Waals surface area contributed by atoms with Crippen molar-refractivity contribution in [2.24, 2.45) is 11.7 Å². The summed E-state index contributed by atoms with van der Waals surface area (Å²) in [6.07, 6.45) is 30.4. The fraction of sp³-hybridized carbons (Fsp3) is 1.00. The van der Waals surface area contributed by atoms with Crippen LogP contribution in [0.1, 0.15) is 142 Å². The molecular weight excluding hydrogens is 302 g/mol. The molecule has 0 spiro atoms. The van der Waals surface area contributed by atoms with Crippen LogP contribution in [0.3, 0.4) is 0 Å². The number of hydrogen-bond donors (Lipinski definition) is 1. The van der Waals surface area contributed by atoms with Crippen LogP contribution in [0, 0.1) is 5.92 Å². The largest absolute Gasteiger partial charge is 0.328 e. The predicted octanol–water partition coefficient (Wildman–Crippen LogP) is 8.16. The maximum Gasteiger partial charge on any atom is 0.00390 e. The van der Waals surface area contributed by atoms with Crippen LogP contribution in [0.5, 0.6) is 0 Å². The van der Waals surface area contributed by atoms with E-state index in [-0.39, 0.29) is 0 Å². The van der Waals surface area contributed by atoms with Gasteiger partial charge in [-0.2, -0.15) is 0 Å². The lowest BCUT2D eigenvalue weighted by Gasteiger charge is -2.25. The van der Waals surface area contributed by atoms with Gasteiger partial charge in [0.25, 0.3) is 0 Å². The highest BCUT2D eigenvalue weighted by atomic mass is 14.6. The first-order valence-corrected chi connectivity index (χ1v) is 12.1. The topological polar surface area (TPSA) is 26.0 Å². The third-order valence-electron chi connectivity index (χ3n) is 6.36. The van der Waals surface area contributed by atoms with Crippen LogP contribution in [0.2, 0.25) is 0 Å². The molecule has 1 rings (SSSR count). The minimum atomic E-state index is 0.516. The van der Waals surface area contributed by atoms with Crippen molar-refractivity contribution in [1.29, 1.82) is 0 Å². The van der Waals surface area contributed by atoms with Gasteiger partial charge in [0.05, 0.1) is 0 Å². The van der Waals surface area contributed by atoms with Crippen LogP contribution >= 0.6 is 0 Å². The Kier molecular flexibility index (Phi) is 16.0. The quantitative estimate of drug-likeness (QED) is 0.263. The predicted molar refractivity (Wildman–Crippen MR) is 114 cm³/mol. The number of unbranched alkanes of at least 4 members (excludes halogenated alkanes) is 15. The summed E-state index contributed by atoms with van der Waals surface area (Å²) < 4.78 is 0. The Balaban J connectivity index is 1.68. The van der Waals surface area contributed by atoms with Gasteiger partial charge in [0.1, 0.15) is 0 Å². The first-order chi connectivity index (χ1) is 12.3. The summed E-state index contributed by atoms with van der Waals surface area (Å²) in [6, 6.07) is 0.516. The van der Waals surface area contributed by atoms with Crippen molar-refractivity contribution in [2.45, 2.75) is 148 Å². The molecule has 2 N–H and O–H groups in total. The Morgan fingerprint density at radius 1 is 0.520 bits per heavy atom. The molecule has 1 heteroatoms. The highest BCUT2D eigenvalue weighted by molar-refractivity contribution is 4.74. The normalized spacial score (nSPS) is 20.9. The Morgan fingerprint density at radius 2 is 0.880 bits per heavy atom. The van der Waals surface area contributed by atoms with Gasteiger partial charge in [-0.15, -0.1) is 0 Å². The molecule has 1 aliphatic carbocycles. The maximum absolute atomic E-state index is 5.99. The van der Waals surface area contributed by atoms with E-state index in [1.807, 2.05) is 0 Å². The molecule has 0 unspecified atom stereocenters. The molecule has 0 bridgehead atoms. The van der Waals surface area contributed by atoms with Gasteiger partial charge in [0.2, 0.25) is 0 Å². The molecule has 0 radical (unpaired) electrons. The second-order valence-electron chi connectivity index (χ2n) is 8.87. The van der Waals surface area contributed by atoms with Crippen LogP contribution in [0.25, 0.3) is 0 Å². The van der Waals surface area contributed by atoms with Crippen molar-refractivity contribution in [3.8, 4) is 0 Å². The molecule has 1 nitrogen and oxygen atoms in total. The molecule has 0 aliphatic heterocycles. The van der Waals surface area contributed by atoms with Gasteiger partial charge in [0.15, 0.2) is 0 Å². The lowest BCUT2D eigenvalue weighted by atomic mass is 9.83. The Labute approximate surface area is 159 Å². The van der Waals surface area contributed by atoms with Crippen molar-refractivity contribution in [1.82, 2.24) is 0 Å². The van der Waals surface area contributed by atoms with Crippen LogP contribution in [-0.4, -0.2) is 6.04 Å². The molecule has 1 saturated carbocycles. The molecular formula is C24H49N. The van der Waals surface area contributed by atoms with E-state index < -0.39 is 0 Å². The minimum Gasteiger partial charge on any atom is -0.328 e. The first kappa shape index (κ1) is 23.0. The van der Waals surface area contributed by atoms with Crippen LogP contribution in [0.15, 0.2) is 0 Å². The van der Waals surface area contributed by atoms with Crippen LogP contribution in [0.4, 0.5) is 0 Å². The average molecular weight is 352 g/mol. The minimum absolute atomic E-state index is 0.516. The zero-order chi connectivity index (χ0) is 18.0. The Hall–Kier alpha value is -0.0400. The fourth-order valence-corrected chi connectivity index (χ4v) is 4.46. The highest BCUT2D eigenvalue weighted by Gasteiger charge is 2.17. The van der Waals surface area contributed by atoms with Crippen LogP contribution < -0.4 is 5.73 Å². The summed E-state index contributed by atoms with van der Waals surface area (Å²) in [5, 5.41) is 0. The van der Waals surface area contributed by atoms with Gasteiger partial charge < -0.3 is 5.73 Å². The van der Waals surface area contributed by atoms with E-state index in [1.165, 1.54) is 135 Å². The van der Waals surface area contributed by atoms with Crippen molar-refractivity contribution < 1.29 is 0 Å². The summed E-state index contributed by atoms with van der Waals surface area (Å²) >= 11 is 0. The summed E-state index contributed by atoms with van der Waals surface area (Å²) in [5.74, 6) is 1.01. The van der Waals surface area contributed by atoms with E-state index in [0.717, 1.165) is 5.92 Å². The molecule has 0 aromatic carbocycles. The van der Waals surface area contributed by atoms with E-state index in [2.05, 4.69) is 6.92 Å². The molecule has 0 saturated heterocycles. The summed E-state index contributed by atoms with van der Waals surface area (Å²) in [5.41, 5.74) is 5.99. The Morgan fingerprint density at radius 3 is 1.28 bits per heavy atom. The van der Waals surface area contributed by atoms with Crippen molar-refractivity contribution in [3.63, 3.8) is 0 Å². The van der Waals surface area contributed by atoms with Gasteiger partial charge >= 0.3 is 0 Å². The van der Waals surface area contributed by atoms with E-state index in [9.17, 15) is 0 Å². The third-order valence-corrected chi connectivity index (χ3v) is 6.36. The number of rotatable bonds is 17. The zero-order valence-corrected chi connectivity index (χ0v) is 17.6. The molecule has 0 heterocycles. The van der Waals surface area contributed by atoms with Gasteiger partial charge in [-0.05, 0) is 31.6 Å². The fourth-order valence-electron chi connectivity index (χ4n) is 4.46. The smallest absolute Gasteiger partial charge is 0.00390 e. The molecule has 0 aromatic heterocycles. The van der Waals surface area contributed by atoms with Crippen molar-refractivity contribution in [2.75, 3.05) is 0 Å². The highest BCUT2D eigenvalue weighted by Crippen LogP contribution is 2.27. The first-order valence-electron chi connectivity index (χ1n) is 12.1. The van der Waals surface area contributed by atoms with E-state index in [1.54, 1.807) is 0 Å². The second kappa shape index (κ2) is 17.4. The number of hydrogen-bond acceptors (Lipinski definition) is 1. The zero-order valence-electron chi connectivity index (χ0n) is 17.6. The van der Waals surface area contributed by atoms with Gasteiger partial charge in [-0.25, -0.2) is 0 Å².